The van der Waals surface area contributed by atoms with E-state index >= 15 is 0 Å². The number of Topliss-reactive ketones (excluding diaryl/α,β-unsaturated/α-hetero) is 1. The number of hydrogen-bond donors (Lipinski definition) is 0. The number of rotatable bonds is 6. The number of benzene rings is 2. The van der Waals surface area contributed by atoms with Crippen LogP contribution in [0.25, 0.3) is 0 Å². The van der Waals surface area contributed by atoms with Crippen LogP contribution < -0.4 is 0 Å². The molecule has 21 heavy (non-hydrogen) atoms. The molecule has 0 heterocycles. The Hall–Kier alpha value is -2.42. The van der Waals surface area contributed by atoms with Gasteiger partial charge in [0.1, 0.15) is 0 Å². The minimum Gasteiger partial charge on any atom is -0.462 e. The van der Waals surface area contributed by atoms with E-state index in [-0.39, 0.29) is 5.78 Å². The molecule has 0 fully saturated rings. The van der Waals surface area contributed by atoms with Crippen molar-refractivity contribution in [2.75, 3.05) is 6.61 Å². The molecule has 3 nitrogen and oxygen atoms in total. The first-order valence-electron chi connectivity index (χ1n) is 7.05. The highest BCUT2D eigenvalue weighted by atomic mass is 16.5. The van der Waals surface area contributed by atoms with Crippen molar-refractivity contribution in [1.29, 1.82) is 0 Å². The molecule has 2 rings (SSSR count). The predicted octanol–water partition coefficient (Wildman–Crippen LogP) is 3.68. The van der Waals surface area contributed by atoms with Gasteiger partial charge in [-0.05, 0) is 25.0 Å². The molecule has 0 saturated heterocycles. The van der Waals surface area contributed by atoms with Crippen molar-refractivity contribution in [3.05, 3.63) is 71.3 Å². The standard InChI is InChI=1S/C18H18O3/c1-2-21-18(20)16-11-7-6-10-15(16)17(19)13-12-14-8-4-3-5-9-14/h3-11H,2,12-13H2,1H3. The summed E-state index contributed by atoms with van der Waals surface area (Å²) >= 11 is 0. The fourth-order valence-corrected chi connectivity index (χ4v) is 2.15. The van der Waals surface area contributed by atoms with Crippen molar-refractivity contribution in [1.82, 2.24) is 0 Å². The van der Waals surface area contributed by atoms with Gasteiger partial charge in [0.25, 0.3) is 0 Å². The maximum Gasteiger partial charge on any atom is 0.338 e. The molecule has 2 aromatic rings. The van der Waals surface area contributed by atoms with E-state index in [2.05, 4.69) is 0 Å². The number of aryl methyl sites for hydroxylation is 1. The zero-order chi connectivity index (χ0) is 15.1. The summed E-state index contributed by atoms with van der Waals surface area (Å²) in [5, 5.41) is 0. The molecule has 0 amide bonds. The predicted molar refractivity (Wildman–Crippen MR) is 81.5 cm³/mol. The fraction of sp³-hybridized carbons (Fsp3) is 0.222. The van der Waals surface area contributed by atoms with Crippen LogP contribution in [0.3, 0.4) is 0 Å². The van der Waals surface area contributed by atoms with Crippen LogP contribution in [-0.4, -0.2) is 18.4 Å². The highest BCUT2D eigenvalue weighted by Crippen LogP contribution is 2.14. The summed E-state index contributed by atoms with van der Waals surface area (Å²) in [6, 6.07) is 16.6. The third kappa shape index (κ3) is 4.02. The monoisotopic (exact) mass is 282 g/mol. The average molecular weight is 282 g/mol. The number of carbonyl (C=O) groups is 2. The van der Waals surface area contributed by atoms with Gasteiger partial charge in [-0.3, -0.25) is 4.79 Å². The zero-order valence-electron chi connectivity index (χ0n) is 12.0. The van der Waals surface area contributed by atoms with Crippen molar-refractivity contribution in [2.24, 2.45) is 0 Å². The first-order valence-corrected chi connectivity index (χ1v) is 7.05. The van der Waals surface area contributed by atoms with Gasteiger partial charge < -0.3 is 4.74 Å². The van der Waals surface area contributed by atoms with Crippen LogP contribution in [0.4, 0.5) is 0 Å². The van der Waals surface area contributed by atoms with E-state index in [0.717, 1.165) is 5.56 Å². The first kappa shape index (κ1) is 15.0. The number of ketones is 1. The summed E-state index contributed by atoms with van der Waals surface area (Å²) in [5.41, 5.74) is 1.89. The SMILES string of the molecule is CCOC(=O)c1ccccc1C(=O)CCc1ccccc1. The molecule has 3 heteroatoms. The lowest BCUT2D eigenvalue weighted by molar-refractivity contribution is 0.0523. The third-order valence-electron chi connectivity index (χ3n) is 3.21. The zero-order valence-corrected chi connectivity index (χ0v) is 12.0. The molecule has 0 atom stereocenters. The summed E-state index contributed by atoms with van der Waals surface area (Å²) < 4.78 is 4.99. The minimum absolute atomic E-state index is 0.0393. The van der Waals surface area contributed by atoms with Gasteiger partial charge in [0, 0.05) is 12.0 Å². The highest BCUT2D eigenvalue weighted by molar-refractivity contribution is 6.06. The van der Waals surface area contributed by atoms with Crippen LogP contribution >= 0.6 is 0 Å². The summed E-state index contributed by atoms with van der Waals surface area (Å²) in [6.45, 7) is 2.04. The first-order chi connectivity index (χ1) is 10.2. The maximum absolute atomic E-state index is 12.3. The Morgan fingerprint density at radius 2 is 1.52 bits per heavy atom. The molecular formula is C18H18O3. The van der Waals surface area contributed by atoms with Crippen LogP contribution in [0.1, 0.15) is 39.6 Å². The molecule has 108 valence electrons. The van der Waals surface area contributed by atoms with E-state index < -0.39 is 5.97 Å². The number of ether oxygens (including phenoxy) is 1. The smallest absolute Gasteiger partial charge is 0.338 e. The molecule has 0 aliphatic heterocycles. The van der Waals surface area contributed by atoms with Gasteiger partial charge in [-0.25, -0.2) is 4.79 Å². The van der Waals surface area contributed by atoms with Crippen LogP contribution in [0.5, 0.6) is 0 Å². The van der Waals surface area contributed by atoms with E-state index in [9.17, 15) is 9.59 Å². The average Bonchev–Trinajstić information content (AvgIpc) is 2.54. The summed E-state index contributed by atoms with van der Waals surface area (Å²) in [4.78, 5) is 24.2. The van der Waals surface area contributed by atoms with Crippen molar-refractivity contribution in [2.45, 2.75) is 19.8 Å². The Labute approximate surface area is 124 Å². The normalized spacial score (nSPS) is 10.1. The lowest BCUT2D eigenvalue weighted by atomic mass is 9.98. The van der Waals surface area contributed by atoms with Crippen LogP contribution in [0.15, 0.2) is 54.6 Å². The van der Waals surface area contributed by atoms with Crippen LogP contribution in [-0.2, 0) is 11.2 Å². The molecule has 0 N–H and O–H groups in total. The largest absolute Gasteiger partial charge is 0.462 e. The quantitative estimate of drug-likeness (QED) is 0.599. The molecule has 0 aromatic heterocycles. The minimum atomic E-state index is -0.443. The molecule has 2 aromatic carbocycles. The summed E-state index contributed by atoms with van der Waals surface area (Å²) in [6.07, 6.45) is 1.04. The topological polar surface area (TPSA) is 43.4 Å². The van der Waals surface area contributed by atoms with Gasteiger partial charge >= 0.3 is 5.97 Å². The summed E-state index contributed by atoms with van der Waals surface area (Å²) in [5.74, 6) is -0.483. The second-order valence-corrected chi connectivity index (χ2v) is 4.67. The van der Waals surface area contributed by atoms with E-state index in [4.69, 9.17) is 4.74 Å². The Kier molecular flexibility index (Phi) is 5.27. The van der Waals surface area contributed by atoms with E-state index in [1.165, 1.54) is 0 Å². The van der Waals surface area contributed by atoms with E-state index in [1.54, 1.807) is 31.2 Å². The van der Waals surface area contributed by atoms with Crippen LogP contribution in [0, 0.1) is 0 Å². The summed E-state index contributed by atoms with van der Waals surface area (Å²) in [7, 11) is 0. The second-order valence-electron chi connectivity index (χ2n) is 4.67. The van der Waals surface area contributed by atoms with Gasteiger partial charge in [-0.2, -0.15) is 0 Å². The lowest BCUT2D eigenvalue weighted by Gasteiger charge is -2.08. The van der Waals surface area contributed by atoms with E-state index in [1.807, 2.05) is 30.3 Å². The van der Waals surface area contributed by atoms with Crippen LogP contribution in [0.2, 0.25) is 0 Å². The van der Waals surface area contributed by atoms with E-state index in [0.29, 0.717) is 30.6 Å². The third-order valence-corrected chi connectivity index (χ3v) is 3.21. The van der Waals surface area contributed by atoms with Gasteiger partial charge in [0.05, 0.1) is 12.2 Å². The Morgan fingerprint density at radius 1 is 0.905 bits per heavy atom. The maximum atomic E-state index is 12.3. The lowest BCUT2D eigenvalue weighted by Crippen LogP contribution is -2.12. The number of carbonyl (C=O) groups excluding carboxylic acids is 2. The van der Waals surface area contributed by atoms with Crippen molar-refractivity contribution >= 4 is 11.8 Å². The molecule has 0 aliphatic carbocycles. The van der Waals surface area contributed by atoms with Crippen molar-refractivity contribution in [3.63, 3.8) is 0 Å². The fourth-order valence-electron chi connectivity index (χ4n) is 2.15. The molecule has 0 aliphatic rings. The van der Waals surface area contributed by atoms with Crippen molar-refractivity contribution in [3.8, 4) is 0 Å². The molecule has 0 spiro atoms. The second kappa shape index (κ2) is 7.39. The number of esters is 1. The molecule has 0 saturated carbocycles. The van der Waals surface area contributed by atoms with Crippen molar-refractivity contribution < 1.29 is 14.3 Å². The Bertz CT molecular complexity index is 617. The molecule has 0 bridgehead atoms. The van der Waals surface area contributed by atoms with Gasteiger partial charge in [-0.1, -0.05) is 48.5 Å². The van der Waals surface area contributed by atoms with Gasteiger partial charge in [-0.15, -0.1) is 0 Å². The van der Waals surface area contributed by atoms with Gasteiger partial charge in [0.2, 0.25) is 0 Å². The number of hydrogen-bond acceptors (Lipinski definition) is 3. The molecule has 0 radical (unpaired) electrons. The molecular weight excluding hydrogens is 264 g/mol. The highest BCUT2D eigenvalue weighted by Gasteiger charge is 2.17. The Balaban J connectivity index is 2.10. The van der Waals surface area contributed by atoms with Gasteiger partial charge in [0.15, 0.2) is 5.78 Å². The molecule has 0 unspecified atom stereocenters. The Morgan fingerprint density at radius 3 is 2.19 bits per heavy atom.